The van der Waals surface area contributed by atoms with Gasteiger partial charge in [0.1, 0.15) is 18.2 Å². The van der Waals surface area contributed by atoms with Crippen LogP contribution in [0.3, 0.4) is 0 Å². The van der Waals surface area contributed by atoms with Crippen molar-refractivity contribution in [2.24, 2.45) is 11.1 Å². The summed E-state index contributed by atoms with van der Waals surface area (Å²) in [5.41, 5.74) is 7.79. The van der Waals surface area contributed by atoms with Crippen LogP contribution >= 0.6 is 27.7 Å². The van der Waals surface area contributed by atoms with E-state index in [1.165, 1.54) is 5.56 Å². The standard InChI is InChI=1S/C24H34BrN5O3S/c1-24(2)12-18-30(23(33)17(9-10-34-18)29-22(32)20(26)27-3)19(24)21(31)28-16-6-4-5-13-11-14(25)7-8-15(13)16/h7-8,11,16-20,27H,4-6,9-10,12,26H2,1-3H3,(H,28,31)(H,29,32)/t16-,17+,18?,19-,20-/m1/s1. The van der Waals surface area contributed by atoms with E-state index >= 15 is 0 Å². The zero-order valence-electron chi connectivity index (χ0n) is 19.9. The zero-order valence-corrected chi connectivity index (χ0v) is 22.3. The fourth-order valence-electron chi connectivity index (χ4n) is 5.43. The highest BCUT2D eigenvalue weighted by Gasteiger charge is 2.54. The Morgan fingerprint density at radius 2 is 2.00 bits per heavy atom. The third kappa shape index (κ3) is 5.01. The van der Waals surface area contributed by atoms with Gasteiger partial charge in [-0.2, -0.15) is 0 Å². The monoisotopic (exact) mass is 551 g/mol. The first-order valence-corrected chi connectivity index (χ1v) is 13.7. The van der Waals surface area contributed by atoms with Gasteiger partial charge in [0.25, 0.3) is 5.91 Å². The van der Waals surface area contributed by atoms with E-state index < -0.39 is 24.2 Å². The first kappa shape index (κ1) is 25.5. The maximum atomic E-state index is 13.8. The van der Waals surface area contributed by atoms with Crippen molar-refractivity contribution in [3.8, 4) is 0 Å². The van der Waals surface area contributed by atoms with Gasteiger partial charge in [-0.15, -0.1) is 11.8 Å². The molecule has 0 radical (unpaired) electrons. The number of hydrogen-bond donors (Lipinski definition) is 4. The molecule has 34 heavy (non-hydrogen) atoms. The lowest BCUT2D eigenvalue weighted by Crippen LogP contribution is -2.59. The Hall–Kier alpha value is -1.62. The molecular weight excluding hydrogens is 518 g/mol. The normalized spacial score (nSPS) is 29.0. The molecule has 2 aliphatic heterocycles. The van der Waals surface area contributed by atoms with Crippen molar-refractivity contribution in [2.45, 2.75) is 75.6 Å². The quantitative estimate of drug-likeness (QED) is 0.416. The molecule has 1 aliphatic carbocycles. The van der Waals surface area contributed by atoms with Crippen molar-refractivity contribution in [2.75, 3.05) is 12.8 Å². The Kier molecular flexibility index (Phi) is 7.61. The van der Waals surface area contributed by atoms with Gasteiger partial charge in [-0.1, -0.05) is 35.8 Å². The first-order valence-electron chi connectivity index (χ1n) is 11.9. The number of benzene rings is 1. The molecule has 0 aromatic heterocycles. The van der Waals surface area contributed by atoms with E-state index in [1.54, 1.807) is 23.7 Å². The molecule has 5 N–H and O–H groups in total. The van der Waals surface area contributed by atoms with Crippen LogP contribution in [-0.2, 0) is 20.8 Å². The molecule has 8 nitrogen and oxygen atoms in total. The smallest absolute Gasteiger partial charge is 0.252 e. The number of nitrogens with zero attached hydrogens (tertiary/aromatic N) is 1. The molecule has 1 aromatic carbocycles. The van der Waals surface area contributed by atoms with Crippen LogP contribution in [-0.4, -0.2) is 59.0 Å². The third-order valence-electron chi connectivity index (χ3n) is 7.19. The lowest BCUT2D eigenvalue weighted by molar-refractivity contribution is -0.144. The largest absolute Gasteiger partial charge is 0.347 e. The molecule has 2 saturated heterocycles. The number of nitrogens with two attached hydrogens (primary N) is 1. The molecule has 10 heteroatoms. The molecular formula is C24H34BrN5O3S. The summed E-state index contributed by atoms with van der Waals surface area (Å²) in [5, 5.41) is 8.67. The van der Waals surface area contributed by atoms with Crippen LogP contribution < -0.4 is 21.7 Å². The number of amides is 3. The SMILES string of the molecule is CN[C@@H](N)C(=O)N[C@H]1CCSC2CC(C)(C)[C@@H](C(=O)N[C@@H]3CCCc4cc(Br)ccc43)N2C1=O. The van der Waals surface area contributed by atoms with Gasteiger partial charge in [0.05, 0.1) is 11.4 Å². The fourth-order valence-corrected chi connectivity index (χ4v) is 7.41. The number of carbonyl (C=O) groups is 3. The molecule has 0 saturated carbocycles. The van der Waals surface area contributed by atoms with Crippen molar-refractivity contribution >= 4 is 45.4 Å². The average molecular weight is 553 g/mol. The molecule has 0 bridgehead atoms. The maximum Gasteiger partial charge on any atom is 0.252 e. The number of likely N-dealkylation sites (N-methyl/N-ethyl adjacent to an activating group) is 1. The van der Waals surface area contributed by atoms with Gasteiger partial charge in [0.15, 0.2) is 0 Å². The van der Waals surface area contributed by atoms with Crippen LogP contribution in [0.5, 0.6) is 0 Å². The maximum absolute atomic E-state index is 13.8. The Morgan fingerprint density at radius 1 is 1.24 bits per heavy atom. The lowest BCUT2D eigenvalue weighted by atomic mass is 9.83. The fraction of sp³-hybridized carbons (Fsp3) is 0.625. The average Bonchev–Trinajstić information content (AvgIpc) is 2.98. The third-order valence-corrected chi connectivity index (χ3v) is 8.94. The number of carbonyl (C=O) groups excluding carboxylic acids is 3. The Labute approximate surface area is 213 Å². The first-order chi connectivity index (χ1) is 16.1. The number of halogens is 1. The summed E-state index contributed by atoms with van der Waals surface area (Å²) < 4.78 is 1.04. The highest BCUT2D eigenvalue weighted by atomic mass is 79.9. The zero-order chi connectivity index (χ0) is 24.6. The molecule has 3 aliphatic rings. The van der Waals surface area contributed by atoms with Crippen LogP contribution in [0.25, 0.3) is 0 Å². The number of rotatable bonds is 5. The van der Waals surface area contributed by atoms with Crippen molar-refractivity contribution in [1.82, 2.24) is 20.9 Å². The van der Waals surface area contributed by atoms with Gasteiger partial charge in [0.2, 0.25) is 11.8 Å². The van der Waals surface area contributed by atoms with Crippen LogP contribution in [0.2, 0.25) is 0 Å². The van der Waals surface area contributed by atoms with E-state index in [0.717, 1.165) is 41.5 Å². The minimum atomic E-state index is -0.889. The molecule has 5 atom stereocenters. The number of nitrogens with one attached hydrogen (secondary N) is 3. The van der Waals surface area contributed by atoms with Gasteiger partial charge in [-0.3, -0.25) is 19.7 Å². The van der Waals surface area contributed by atoms with E-state index in [-0.39, 0.29) is 28.6 Å². The second-order valence-electron chi connectivity index (χ2n) is 10.1. The number of aryl methyl sites for hydroxylation is 1. The second kappa shape index (κ2) is 10.2. The Bertz CT molecular complexity index is 974. The summed E-state index contributed by atoms with van der Waals surface area (Å²) in [5.74, 6) is -0.0257. The summed E-state index contributed by atoms with van der Waals surface area (Å²) in [4.78, 5) is 41.5. The predicted molar refractivity (Wildman–Crippen MR) is 137 cm³/mol. The topological polar surface area (TPSA) is 117 Å². The number of fused-ring (bicyclic) bond motifs is 2. The van der Waals surface area contributed by atoms with Gasteiger partial charge in [-0.25, -0.2) is 0 Å². The Morgan fingerprint density at radius 3 is 2.74 bits per heavy atom. The summed E-state index contributed by atoms with van der Waals surface area (Å²) in [6, 6.07) is 4.85. The minimum absolute atomic E-state index is 0.0712. The summed E-state index contributed by atoms with van der Waals surface area (Å²) in [6.07, 6.45) is 3.23. The predicted octanol–water partition coefficient (Wildman–Crippen LogP) is 2.02. The van der Waals surface area contributed by atoms with Crippen LogP contribution in [0, 0.1) is 5.41 Å². The molecule has 4 rings (SSSR count). The highest BCUT2D eigenvalue weighted by Crippen LogP contribution is 2.46. The molecule has 0 spiro atoms. The Balaban J connectivity index is 1.56. The molecule has 2 heterocycles. The molecule has 1 unspecified atom stereocenters. The number of thioether (sulfide) groups is 1. The summed E-state index contributed by atoms with van der Waals surface area (Å²) in [7, 11) is 1.59. The van der Waals surface area contributed by atoms with Crippen molar-refractivity contribution in [3.63, 3.8) is 0 Å². The van der Waals surface area contributed by atoms with Crippen molar-refractivity contribution < 1.29 is 14.4 Å². The van der Waals surface area contributed by atoms with Crippen molar-refractivity contribution in [1.29, 1.82) is 0 Å². The molecule has 3 amide bonds. The van der Waals surface area contributed by atoms with Gasteiger partial charge >= 0.3 is 0 Å². The van der Waals surface area contributed by atoms with Crippen LogP contribution in [0.1, 0.15) is 56.7 Å². The minimum Gasteiger partial charge on any atom is -0.347 e. The van der Waals surface area contributed by atoms with E-state index in [2.05, 4.69) is 57.9 Å². The summed E-state index contributed by atoms with van der Waals surface area (Å²) >= 11 is 5.23. The summed E-state index contributed by atoms with van der Waals surface area (Å²) in [6.45, 7) is 4.10. The van der Waals surface area contributed by atoms with Gasteiger partial charge in [-0.05, 0) is 73.6 Å². The van der Waals surface area contributed by atoms with E-state index in [4.69, 9.17) is 5.73 Å². The van der Waals surface area contributed by atoms with E-state index in [0.29, 0.717) is 6.42 Å². The molecule has 2 fully saturated rings. The van der Waals surface area contributed by atoms with Crippen molar-refractivity contribution in [3.05, 3.63) is 33.8 Å². The van der Waals surface area contributed by atoms with Gasteiger partial charge < -0.3 is 21.3 Å². The number of hydrogen-bond acceptors (Lipinski definition) is 6. The van der Waals surface area contributed by atoms with Crippen LogP contribution in [0.4, 0.5) is 0 Å². The molecule has 1 aromatic rings. The van der Waals surface area contributed by atoms with E-state index in [9.17, 15) is 14.4 Å². The molecule has 186 valence electrons. The second-order valence-corrected chi connectivity index (χ2v) is 12.3. The van der Waals surface area contributed by atoms with E-state index in [1.807, 2.05) is 6.07 Å². The van der Waals surface area contributed by atoms with Gasteiger partial charge in [0, 0.05) is 4.47 Å². The highest BCUT2D eigenvalue weighted by molar-refractivity contribution is 9.10. The van der Waals surface area contributed by atoms with Crippen LogP contribution in [0.15, 0.2) is 22.7 Å². The lowest BCUT2D eigenvalue weighted by Gasteiger charge is -2.36.